The fraction of sp³-hybridized carbons (Fsp3) is 0.385. The number of carboxylic acid groups (broad SMARTS) is 1. The molecule has 0 saturated carbocycles. The molecule has 2 atom stereocenters. The van der Waals surface area contributed by atoms with Crippen LogP contribution in [0.4, 0.5) is 0 Å². The Bertz CT molecular complexity index is 489. The van der Waals surface area contributed by atoms with Gasteiger partial charge in [0.1, 0.15) is 0 Å². The molecule has 1 heterocycles. The number of amides is 1. The Morgan fingerprint density at radius 1 is 1.39 bits per heavy atom. The summed E-state index contributed by atoms with van der Waals surface area (Å²) in [5.41, 5.74) is 0.625. The van der Waals surface area contributed by atoms with Crippen LogP contribution in [0.25, 0.3) is 0 Å². The maximum atomic E-state index is 12.2. The summed E-state index contributed by atoms with van der Waals surface area (Å²) in [6.07, 6.45) is 0. The van der Waals surface area contributed by atoms with Crippen LogP contribution in [0.1, 0.15) is 17.3 Å². The molecule has 0 aromatic heterocycles. The van der Waals surface area contributed by atoms with Gasteiger partial charge in [-0.1, -0.05) is 13.0 Å². The van der Waals surface area contributed by atoms with Crippen molar-refractivity contribution in [1.29, 1.82) is 0 Å². The SMILES string of the molecule is CC1CN(C(=O)c2cccc(I)c2)CC1C(=O)O. The molecule has 4 nitrogen and oxygen atoms in total. The van der Waals surface area contributed by atoms with Crippen molar-refractivity contribution in [2.24, 2.45) is 11.8 Å². The van der Waals surface area contributed by atoms with Gasteiger partial charge in [0.25, 0.3) is 5.91 Å². The Morgan fingerprint density at radius 2 is 2.11 bits per heavy atom. The van der Waals surface area contributed by atoms with Gasteiger partial charge in [-0.25, -0.2) is 0 Å². The number of carbonyl (C=O) groups excluding carboxylic acids is 1. The molecule has 0 radical (unpaired) electrons. The van der Waals surface area contributed by atoms with Crippen LogP contribution >= 0.6 is 22.6 Å². The lowest BCUT2D eigenvalue weighted by atomic mass is 9.99. The van der Waals surface area contributed by atoms with Crippen molar-refractivity contribution >= 4 is 34.5 Å². The van der Waals surface area contributed by atoms with Crippen LogP contribution in [0, 0.1) is 15.4 Å². The lowest BCUT2D eigenvalue weighted by Gasteiger charge is -2.16. The molecule has 0 aliphatic carbocycles. The van der Waals surface area contributed by atoms with Gasteiger partial charge in [-0.05, 0) is 46.7 Å². The molecule has 1 amide bonds. The summed E-state index contributed by atoms with van der Waals surface area (Å²) in [5, 5.41) is 9.06. The van der Waals surface area contributed by atoms with Crippen LogP contribution in [0.15, 0.2) is 24.3 Å². The average Bonchev–Trinajstić information content (AvgIpc) is 2.70. The predicted molar refractivity (Wildman–Crippen MR) is 75.4 cm³/mol. The lowest BCUT2D eigenvalue weighted by molar-refractivity contribution is -0.142. The van der Waals surface area contributed by atoms with Crippen molar-refractivity contribution in [1.82, 2.24) is 4.90 Å². The van der Waals surface area contributed by atoms with E-state index in [1.165, 1.54) is 0 Å². The summed E-state index contributed by atoms with van der Waals surface area (Å²) >= 11 is 2.16. The summed E-state index contributed by atoms with van der Waals surface area (Å²) in [6, 6.07) is 7.35. The Labute approximate surface area is 119 Å². The Hall–Kier alpha value is -1.11. The molecule has 2 rings (SSSR count). The van der Waals surface area contributed by atoms with E-state index in [2.05, 4.69) is 22.6 Å². The first-order valence-corrected chi connectivity index (χ1v) is 6.84. The molecule has 18 heavy (non-hydrogen) atoms. The molecule has 96 valence electrons. The zero-order valence-electron chi connectivity index (χ0n) is 9.97. The van der Waals surface area contributed by atoms with E-state index in [0.717, 1.165) is 3.57 Å². The molecule has 0 spiro atoms. The molecule has 1 saturated heterocycles. The highest BCUT2D eigenvalue weighted by Crippen LogP contribution is 2.24. The van der Waals surface area contributed by atoms with Crippen LogP contribution in [0.2, 0.25) is 0 Å². The van der Waals surface area contributed by atoms with Gasteiger partial charge in [-0.3, -0.25) is 9.59 Å². The van der Waals surface area contributed by atoms with Gasteiger partial charge in [0.05, 0.1) is 5.92 Å². The standard InChI is InChI=1S/C13H14INO3/c1-8-6-15(7-11(8)13(17)18)12(16)9-3-2-4-10(14)5-9/h2-5,8,11H,6-7H2,1H3,(H,17,18). The Balaban J connectivity index is 2.14. The molecule has 1 fully saturated rings. The zero-order valence-corrected chi connectivity index (χ0v) is 12.1. The van der Waals surface area contributed by atoms with Crippen molar-refractivity contribution in [3.05, 3.63) is 33.4 Å². The van der Waals surface area contributed by atoms with Crippen molar-refractivity contribution in [2.45, 2.75) is 6.92 Å². The number of aliphatic carboxylic acids is 1. The molecule has 5 heteroatoms. The second-order valence-corrected chi connectivity index (χ2v) is 5.89. The van der Waals surface area contributed by atoms with Gasteiger partial charge in [0.15, 0.2) is 0 Å². The molecular weight excluding hydrogens is 345 g/mol. The minimum absolute atomic E-state index is 0.00855. The molecule has 1 N–H and O–H groups in total. The average molecular weight is 359 g/mol. The highest BCUT2D eigenvalue weighted by atomic mass is 127. The van der Waals surface area contributed by atoms with Crippen LogP contribution in [-0.2, 0) is 4.79 Å². The predicted octanol–water partition coefficient (Wildman–Crippen LogP) is 2.08. The second-order valence-electron chi connectivity index (χ2n) is 4.64. The van der Waals surface area contributed by atoms with Crippen LogP contribution in [0.3, 0.4) is 0 Å². The fourth-order valence-electron chi connectivity index (χ4n) is 2.26. The largest absolute Gasteiger partial charge is 0.481 e. The van der Waals surface area contributed by atoms with Gasteiger partial charge < -0.3 is 10.0 Å². The molecule has 2 unspecified atom stereocenters. The number of hydrogen-bond donors (Lipinski definition) is 1. The Kier molecular flexibility index (Phi) is 3.89. The quantitative estimate of drug-likeness (QED) is 0.823. The first kappa shape index (κ1) is 13.3. The zero-order chi connectivity index (χ0) is 13.3. The number of carboxylic acids is 1. The number of hydrogen-bond acceptors (Lipinski definition) is 2. The summed E-state index contributed by atoms with van der Waals surface area (Å²) in [5.74, 6) is -1.34. The molecule has 1 aliphatic heterocycles. The number of likely N-dealkylation sites (tertiary alicyclic amines) is 1. The first-order chi connectivity index (χ1) is 8.49. The highest BCUT2D eigenvalue weighted by molar-refractivity contribution is 14.1. The number of halogens is 1. The van der Waals surface area contributed by atoms with Gasteiger partial charge >= 0.3 is 5.97 Å². The van der Waals surface area contributed by atoms with E-state index in [0.29, 0.717) is 18.7 Å². The van der Waals surface area contributed by atoms with E-state index in [-0.39, 0.29) is 11.8 Å². The van der Waals surface area contributed by atoms with E-state index in [9.17, 15) is 9.59 Å². The monoisotopic (exact) mass is 359 g/mol. The topological polar surface area (TPSA) is 57.6 Å². The van der Waals surface area contributed by atoms with Crippen molar-refractivity contribution in [3.63, 3.8) is 0 Å². The van der Waals surface area contributed by atoms with Crippen molar-refractivity contribution in [2.75, 3.05) is 13.1 Å². The lowest BCUT2D eigenvalue weighted by Crippen LogP contribution is -2.29. The van der Waals surface area contributed by atoms with E-state index < -0.39 is 11.9 Å². The minimum atomic E-state index is -0.819. The van der Waals surface area contributed by atoms with Gasteiger partial charge in [0, 0.05) is 22.2 Å². The second kappa shape index (κ2) is 5.26. The normalized spacial score (nSPS) is 23.1. The highest BCUT2D eigenvalue weighted by Gasteiger charge is 2.37. The van der Waals surface area contributed by atoms with Crippen LogP contribution in [0.5, 0.6) is 0 Å². The third kappa shape index (κ3) is 2.66. The fourth-order valence-corrected chi connectivity index (χ4v) is 2.80. The summed E-state index contributed by atoms with van der Waals surface area (Å²) < 4.78 is 1.00. The number of carbonyl (C=O) groups is 2. The van der Waals surface area contributed by atoms with E-state index in [1.54, 1.807) is 11.0 Å². The van der Waals surface area contributed by atoms with Gasteiger partial charge in [-0.2, -0.15) is 0 Å². The van der Waals surface area contributed by atoms with E-state index >= 15 is 0 Å². The molecule has 0 bridgehead atoms. The van der Waals surface area contributed by atoms with Crippen LogP contribution < -0.4 is 0 Å². The maximum absolute atomic E-state index is 12.2. The minimum Gasteiger partial charge on any atom is -0.481 e. The van der Waals surface area contributed by atoms with Crippen LogP contribution in [-0.4, -0.2) is 35.0 Å². The smallest absolute Gasteiger partial charge is 0.308 e. The van der Waals surface area contributed by atoms with Crippen molar-refractivity contribution in [3.8, 4) is 0 Å². The van der Waals surface area contributed by atoms with Gasteiger partial charge in [0.2, 0.25) is 0 Å². The number of rotatable bonds is 2. The third-order valence-electron chi connectivity index (χ3n) is 3.29. The van der Waals surface area contributed by atoms with E-state index in [4.69, 9.17) is 5.11 Å². The molecular formula is C13H14INO3. The van der Waals surface area contributed by atoms with E-state index in [1.807, 2.05) is 25.1 Å². The van der Waals surface area contributed by atoms with Crippen molar-refractivity contribution < 1.29 is 14.7 Å². The summed E-state index contributed by atoms with van der Waals surface area (Å²) in [6.45, 7) is 2.70. The number of benzene rings is 1. The first-order valence-electron chi connectivity index (χ1n) is 5.76. The summed E-state index contributed by atoms with van der Waals surface area (Å²) in [7, 11) is 0. The summed E-state index contributed by atoms with van der Waals surface area (Å²) in [4.78, 5) is 24.9. The third-order valence-corrected chi connectivity index (χ3v) is 3.96. The number of nitrogens with zero attached hydrogens (tertiary/aromatic N) is 1. The molecule has 1 aliphatic rings. The Morgan fingerprint density at radius 3 is 2.67 bits per heavy atom. The van der Waals surface area contributed by atoms with Gasteiger partial charge in [-0.15, -0.1) is 0 Å². The molecule has 1 aromatic rings. The maximum Gasteiger partial charge on any atom is 0.308 e. The molecule has 1 aromatic carbocycles.